The molecule has 0 saturated heterocycles. The van der Waals surface area contributed by atoms with Gasteiger partial charge < -0.3 is 0 Å². The van der Waals surface area contributed by atoms with Crippen molar-refractivity contribution in [1.82, 2.24) is 4.98 Å². The van der Waals surface area contributed by atoms with Crippen molar-refractivity contribution in [1.29, 1.82) is 0 Å². The highest BCUT2D eigenvalue weighted by Gasteiger charge is 2.14. The summed E-state index contributed by atoms with van der Waals surface area (Å²) in [5.41, 5.74) is 3.86. The van der Waals surface area contributed by atoms with Crippen LogP contribution in [-0.2, 0) is 0 Å². The Morgan fingerprint density at radius 2 is 1.44 bits per heavy atom. The molecule has 0 atom stereocenters. The molecule has 0 aliphatic rings. The van der Waals surface area contributed by atoms with Gasteiger partial charge in [-0.2, -0.15) is 0 Å². The van der Waals surface area contributed by atoms with Gasteiger partial charge in [0.2, 0.25) is 0 Å². The highest BCUT2D eigenvalue weighted by Crippen LogP contribution is 2.36. The predicted octanol–water partition coefficient (Wildman–Crippen LogP) is 5.48. The highest BCUT2D eigenvalue weighted by molar-refractivity contribution is 6.02. The van der Waals surface area contributed by atoms with Gasteiger partial charge >= 0.3 is 0 Å². The fourth-order valence-electron chi connectivity index (χ4n) is 3.02. The summed E-state index contributed by atoms with van der Waals surface area (Å²) >= 11 is 0. The van der Waals surface area contributed by atoms with Gasteiger partial charge in [0.25, 0.3) is 5.69 Å². The number of hydrogen-bond acceptors (Lipinski definition) is 3. The number of fused-ring (bicyclic) bond motifs is 1. The van der Waals surface area contributed by atoms with Crippen molar-refractivity contribution in [2.24, 2.45) is 0 Å². The average Bonchev–Trinajstić information content (AvgIpc) is 2.68. The van der Waals surface area contributed by atoms with Crippen molar-refractivity contribution in [2.75, 3.05) is 0 Å². The van der Waals surface area contributed by atoms with E-state index in [1.54, 1.807) is 12.1 Å². The van der Waals surface area contributed by atoms with Gasteiger partial charge in [-0.05, 0) is 23.1 Å². The van der Waals surface area contributed by atoms with E-state index in [1.165, 1.54) is 12.1 Å². The standard InChI is InChI=1S/C21H14N2O2/c24-23(25)18-12-10-15(11-13-18)20-19-9-5-4-8-17(19)14-22-21(20)16-6-2-1-3-7-16/h1-14H. The van der Waals surface area contributed by atoms with Gasteiger partial charge in [-0.3, -0.25) is 15.1 Å². The van der Waals surface area contributed by atoms with Crippen LogP contribution >= 0.6 is 0 Å². The molecular weight excluding hydrogens is 312 g/mol. The van der Waals surface area contributed by atoms with Crippen LogP contribution in [0.1, 0.15) is 0 Å². The van der Waals surface area contributed by atoms with Gasteiger partial charge in [0.05, 0.1) is 10.6 Å². The van der Waals surface area contributed by atoms with E-state index < -0.39 is 0 Å². The zero-order valence-corrected chi connectivity index (χ0v) is 13.3. The van der Waals surface area contributed by atoms with Crippen molar-refractivity contribution < 1.29 is 4.92 Å². The number of hydrogen-bond donors (Lipinski definition) is 0. The molecule has 0 unspecified atom stereocenters. The van der Waals surface area contributed by atoms with Gasteiger partial charge in [0.15, 0.2) is 0 Å². The Labute approximate surface area is 144 Å². The summed E-state index contributed by atoms with van der Waals surface area (Å²) in [4.78, 5) is 15.2. The second-order valence-electron chi connectivity index (χ2n) is 5.74. The van der Waals surface area contributed by atoms with Crippen LogP contribution in [0, 0.1) is 10.1 Å². The summed E-state index contributed by atoms with van der Waals surface area (Å²) in [5, 5.41) is 13.1. The predicted molar refractivity (Wildman–Crippen MR) is 99.3 cm³/mol. The van der Waals surface area contributed by atoms with Crippen molar-refractivity contribution in [3.05, 3.63) is 95.2 Å². The minimum atomic E-state index is -0.386. The number of benzene rings is 3. The van der Waals surface area contributed by atoms with Crippen LogP contribution in [0.3, 0.4) is 0 Å². The van der Waals surface area contributed by atoms with Crippen LogP contribution in [0.2, 0.25) is 0 Å². The molecule has 3 aromatic carbocycles. The Hall–Kier alpha value is -3.53. The molecule has 25 heavy (non-hydrogen) atoms. The Balaban J connectivity index is 2.01. The topological polar surface area (TPSA) is 56.0 Å². The summed E-state index contributed by atoms with van der Waals surface area (Å²) in [7, 11) is 0. The van der Waals surface area contributed by atoms with Crippen LogP contribution in [0.4, 0.5) is 5.69 Å². The lowest BCUT2D eigenvalue weighted by atomic mass is 9.94. The van der Waals surface area contributed by atoms with E-state index in [2.05, 4.69) is 11.1 Å². The second kappa shape index (κ2) is 6.17. The number of aromatic nitrogens is 1. The lowest BCUT2D eigenvalue weighted by Crippen LogP contribution is -1.92. The van der Waals surface area contributed by atoms with Crippen LogP contribution in [0.25, 0.3) is 33.2 Å². The van der Waals surface area contributed by atoms with Gasteiger partial charge in [-0.25, -0.2) is 0 Å². The molecule has 0 N–H and O–H groups in total. The van der Waals surface area contributed by atoms with E-state index in [-0.39, 0.29) is 10.6 Å². The molecule has 4 aromatic rings. The molecule has 0 saturated carbocycles. The van der Waals surface area contributed by atoms with Crippen LogP contribution in [0.5, 0.6) is 0 Å². The zero-order chi connectivity index (χ0) is 17.2. The Morgan fingerprint density at radius 1 is 0.760 bits per heavy atom. The minimum absolute atomic E-state index is 0.0817. The van der Waals surface area contributed by atoms with Crippen molar-refractivity contribution >= 4 is 16.5 Å². The summed E-state index contributed by atoms with van der Waals surface area (Å²) in [6.45, 7) is 0. The fourth-order valence-corrected chi connectivity index (χ4v) is 3.02. The third-order valence-electron chi connectivity index (χ3n) is 4.21. The first-order chi connectivity index (χ1) is 12.2. The molecule has 4 rings (SSSR count). The van der Waals surface area contributed by atoms with E-state index in [0.717, 1.165) is 33.2 Å². The van der Waals surface area contributed by atoms with E-state index in [9.17, 15) is 10.1 Å². The molecule has 0 aliphatic heterocycles. The first kappa shape index (κ1) is 15.0. The van der Waals surface area contributed by atoms with E-state index >= 15 is 0 Å². The molecule has 120 valence electrons. The molecule has 1 heterocycles. The molecular formula is C21H14N2O2. The smallest absolute Gasteiger partial charge is 0.258 e. The maximum absolute atomic E-state index is 10.9. The van der Waals surface area contributed by atoms with E-state index in [1.807, 2.05) is 54.7 Å². The lowest BCUT2D eigenvalue weighted by molar-refractivity contribution is -0.384. The maximum atomic E-state index is 10.9. The van der Waals surface area contributed by atoms with Gasteiger partial charge in [-0.1, -0.05) is 54.6 Å². The molecule has 0 radical (unpaired) electrons. The summed E-state index contributed by atoms with van der Waals surface area (Å²) in [5.74, 6) is 0. The molecule has 4 heteroatoms. The normalized spacial score (nSPS) is 10.7. The molecule has 0 aliphatic carbocycles. The molecule has 0 bridgehead atoms. The number of non-ortho nitro benzene ring substituents is 1. The van der Waals surface area contributed by atoms with Gasteiger partial charge in [0.1, 0.15) is 0 Å². The Bertz CT molecular complexity index is 1060. The third kappa shape index (κ3) is 2.74. The second-order valence-corrected chi connectivity index (χ2v) is 5.74. The van der Waals surface area contributed by atoms with Crippen molar-refractivity contribution in [2.45, 2.75) is 0 Å². The monoisotopic (exact) mass is 326 g/mol. The molecule has 0 amide bonds. The molecule has 4 nitrogen and oxygen atoms in total. The fraction of sp³-hybridized carbons (Fsp3) is 0. The average molecular weight is 326 g/mol. The minimum Gasteiger partial charge on any atom is -0.258 e. The van der Waals surface area contributed by atoms with E-state index in [4.69, 9.17) is 0 Å². The van der Waals surface area contributed by atoms with Crippen LogP contribution in [-0.4, -0.2) is 9.91 Å². The van der Waals surface area contributed by atoms with Crippen LogP contribution in [0.15, 0.2) is 85.1 Å². The van der Waals surface area contributed by atoms with Gasteiger partial charge in [-0.15, -0.1) is 0 Å². The molecule has 0 spiro atoms. The number of nitro groups is 1. The Morgan fingerprint density at radius 3 is 2.16 bits per heavy atom. The quantitative estimate of drug-likeness (QED) is 0.370. The molecule has 0 fully saturated rings. The first-order valence-corrected chi connectivity index (χ1v) is 7.92. The van der Waals surface area contributed by atoms with E-state index in [0.29, 0.717) is 0 Å². The summed E-state index contributed by atoms with van der Waals surface area (Å²) in [6.07, 6.45) is 1.87. The maximum Gasteiger partial charge on any atom is 0.269 e. The third-order valence-corrected chi connectivity index (χ3v) is 4.21. The first-order valence-electron chi connectivity index (χ1n) is 7.92. The zero-order valence-electron chi connectivity index (χ0n) is 13.3. The van der Waals surface area contributed by atoms with Gasteiger partial charge in [0, 0.05) is 34.8 Å². The van der Waals surface area contributed by atoms with Crippen molar-refractivity contribution in [3.63, 3.8) is 0 Å². The van der Waals surface area contributed by atoms with Crippen molar-refractivity contribution in [3.8, 4) is 22.4 Å². The highest BCUT2D eigenvalue weighted by atomic mass is 16.6. The largest absolute Gasteiger partial charge is 0.269 e. The molecule has 1 aromatic heterocycles. The number of rotatable bonds is 3. The lowest BCUT2D eigenvalue weighted by Gasteiger charge is -2.13. The van der Waals surface area contributed by atoms with Crippen LogP contribution < -0.4 is 0 Å². The summed E-state index contributed by atoms with van der Waals surface area (Å²) < 4.78 is 0. The Kier molecular flexibility index (Phi) is 3.71. The summed E-state index contributed by atoms with van der Waals surface area (Å²) in [6, 6.07) is 24.6. The number of pyridine rings is 1. The number of nitro benzene ring substituents is 1. The number of nitrogens with zero attached hydrogens (tertiary/aromatic N) is 2. The SMILES string of the molecule is O=[N+]([O-])c1ccc(-c2c(-c3ccccc3)ncc3ccccc23)cc1.